The molecule has 18 heavy (non-hydrogen) atoms. The topological polar surface area (TPSA) is 60.1 Å². The number of nitrogens with zero attached hydrogens (tertiary/aromatic N) is 2. The van der Waals surface area contributed by atoms with E-state index in [1.54, 1.807) is 18.5 Å². The van der Waals surface area contributed by atoms with E-state index in [-0.39, 0.29) is 11.2 Å². The Morgan fingerprint density at radius 3 is 3.11 bits per heavy atom. The molecule has 0 aliphatic carbocycles. The highest BCUT2D eigenvalue weighted by Gasteiger charge is 2.16. The molecular formula is C12H15N3O2S. The Morgan fingerprint density at radius 2 is 2.50 bits per heavy atom. The van der Waals surface area contributed by atoms with Crippen molar-refractivity contribution >= 4 is 17.7 Å². The third-order valence-corrected chi connectivity index (χ3v) is 3.62. The molecule has 0 aliphatic heterocycles. The second-order valence-electron chi connectivity index (χ2n) is 3.88. The van der Waals surface area contributed by atoms with Crippen LogP contribution in [0.2, 0.25) is 0 Å². The summed E-state index contributed by atoms with van der Waals surface area (Å²) in [5, 5.41) is 3.46. The number of furan rings is 1. The fourth-order valence-corrected chi connectivity index (χ4v) is 2.26. The summed E-state index contributed by atoms with van der Waals surface area (Å²) in [6.07, 6.45) is 5.17. The molecule has 1 atom stereocenters. The van der Waals surface area contributed by atoms with Crippen LogP contribution in [0.5, 0.6) is 0 Å². The summed E-state index contributed by atoms with van der Waals surface area (Å²) >= 11 is 1.43. The summed E-state index contributed by atoms with van der Waals surface area (Å²) in [6.45, 7) is 2.27. The van der Waals surface area contributed by atoms with Crippen molar-refractivity contribution in [1.82, 2.24) is 14.9 Å². The van der Waals surface area contributed by atoms with Crippen LogP contribution in [0.3, 0.4) is 0 Å². The number of aromatic nitrogens is 2. The van der Waals surface area contributed by atoms with Crippen molar-refractivity contribution in [2.75, 3.05) is 0 Å². The van der Waals surface area contributed by atoms with Gasteiger partial charge < -0.3 is 14.3 Å². The van der Waals surface area contributed by atoms with E-state index >= 15 is 0 Å². The zero-order chi connectivity index (χ0) is 13.0. The lowest BCUT2D eigenvalue weighted by molar-refractivity contribution is -0.120. The molecule has 2 aromatic heterocycles. The number of hydrogen-bond acceptors (Lipinski definition) is 4. The van der Waals surface area contributed by atoms with Gasteiger partial charge >= 0.3 is 0 Å². The van der Waals surface area contributed by atoms with Crippen molar-refractivity contribution in [2.45, 2.75) is 23.9 Å². The lowest BCUT2D eigenvalue weighted by Gasteiger charge is -2.10. The predicted octanol–water partition coefficient (Wildman–Crippen LogP) is 1.81. The number of amides is 1. The summed E-state index contributed by atoms with van der Waals surface area (Å²) in [4.78, 5) is 16.0. The second kappa shape index (κ2) is 5.77. The van der Waals surface area contributed by atoms with Crippen molar-refractivity contribution < 1.29 is 9.21 Å². The Hall–Kier alpha value is -1.69. The number of rotatable bonds is 5. The van der Waals surface area contributed by atoms with E-state index in [1.165, 1.54) is 11.8 Å². The predicted molar refractivity (Wildman–Crippen MR) is 69.1 cm³/mol. The summed E-state index contributed by atoms with van der Waals surface area (Å²) < 4.78 is 7.04. The highest BCUT2D eigenvalue weighted by atomic mass is 32.2. The van der Waals surface area contributed by atoms with E-state index in [2.05, 4.69) is 10.3 Å². The molecule has 0 bridgehead atoms. The fraction of sp³-hybridized carbons (Fsp3) is 0.333. The van der Waals surface area contributed by atoms with Crippen LogP contribution >= 0.6 is 11.8 Å². The molecule has 0 aliphatic rings. The molecule has 0 saturated carbocycles. The fourth-order valence-electron chi connectivity index (χ4n) is 1.41. The number of aryl methyl sites for hydroxylation is 1. The molecule has 6 heteroatoms. The lowest BCUT2D eigenvalue weighted by Crippen LogP contribution is -2.30. The number of thioether (sulfide) groups is 1. The Morgan fingerprint density at radius 1 is 1.67 bits per heavy atom. The molecule has 0 spiro atoms. The number of hydrogen-bond donors (Lipinski definition) is 1. The van der Waals surface area contributed by atoms with Gasteiger partial charge in [-0.25, -0.2) is 4.98 Å². The van der Waals surface area contributed by atoms with E-state index < -0.39 is 0 Å². The Labute approximate surface area is 110 Å². The van der Waals surface area contributed by atoms with Crippen LogP contribution in [0.25, 0.3) is 0 Å². The summed E-state index contributed by atoms with van der Waals surface area (Å²) in [6, 6.07) is 3.63. The van der Waals surface area contributed by atoms with Crippen molar-refractivity contribution in [3.8, 4) is 0 Å². The molecule has 1 N–H and O–H groups in total. The van der Waals surface area contributed by atoms with Gasteiger partial charge in [-0.2, -0.15) is 0 Å². The quantitative estimate of drug-likeness (QED) is 0.838. The standard InChI is InChI=1S/C12H15N3O2S/c1-9(18-12-13-5-6-15(12)2)11(16)14-8-10-4-3-7-17-10/h3-7,9H,8H2,1-2H3,(H,14,16). The van der Waals surface area contributed by atoms with E-state index in [0.717, 1.165) is 10.9 Å². The normalized spacial score (nSPS) is 12.3. The number of imidazole rings is 1. The Balaban J connectivity index is 1.83. The molecule has 0 saturated heterocycles. The zero-order valence-electron chi connectivity index (χ0n) is 10.3. The van der Waals surface area contributed by atoms with E-state index in [4.69, 9.17) is 4.42 Å². The van der Waals surface area contributed by atoms with Gasteiger partial charge in [-0.3, -0.25) is 4.79 Å². The van der Waals surface area contributed by atoms with Crippen molar-refractivity contribution in [2.24, 2.45) is 7.05 Å². The minimum Gasteiger partial charge on any atom is -0.467 e. The van der Waals surface area contributed by atoms with Gasteiger partial charge in [0.05, 0.1) is 18.1 Å². The van der Waals surface area contributed by atoms with Gasteiger partial charge in [0.1, 0.15) is 5.76 Å². The number of carbonyl (C=O) groups excluding carboxylic acids is 1. The van der Waals surface area contributed by atoms with E-state index in [0.29, 0.717) is 6.54 Å². The van der Waals surface area contributed by atoms with Crippen LogP contribution in [0.4, 0.5) is 0 Å². The first-order valence-electron chi connectivity index (χ1n) is 5.61. The summed E-state index contributed by atoms with van der Waals surface area (Å²) in [5.74, 6) is 0.719. The molecule has 2 rings (SSSR count). The van der Waals surface area contributed by atoms with E-state index in [9.17, 15) is 4.79 Å². The van der Waals surface area contributed by atoms with Crippen LogP contribution in [0, 0.1) is 0 Å². The molecule has 1 unspecified atom stereocenters. The van der Waals surface area contributed by atoms with Crippen molar-refractivity contribution in [1.29, 1.82) is 0 Å². The monoisotopic (exact) mass is 265 g/mol. The molecule has 1 amide bonds. The third-order valence-electron chi connectivity index (χ3n) is 2.45. The highest BCUT2D eigenvalue weighted by Crippen LogP contribution is 2.20. The van der Waals surface area contributed by atoms with Crippen LogP contribution in [0.1, 0.15) is 12.7 Å². The van der Waals surface area contributed by atoms with Crippen LogP contribution < -0.4 is 5.32 Å². The number of carbonyl (C=O) groups is 1. The minimum absolute atomic E-state index is 0.0283. The molecule has 5 nitrogen and oxygen atoms in total. The minimum atomic E-state index is -0.193. The largest absolute Gasteiger partial charge is 0.467 e. The maximum absolute atomic E-state index is 11.9. The molecule has 2 heterocycles. The smallest absolute Gasteiger partial charge is 0.233 e. The van der Waals surface area contributed by atoms with Crippen LogP contribution in [-0.4, -0.2) is 20.7 Å². The van der Waals surface area contributed by atoms with Gasteiger partial charge in [-0.1, -0.05) is 11.8 Å². The molecule has 2 aromatic rings. The maximum Gasteiger partial charge on any atom is 0.233 e. The Kier molecular flexibility index (Phi) is 4.09. The van der Waals surface area contributed by atoms with Crippen molar-refractivity contribution in [3.63, 3.8) is 0 Å². The van der Waals surface area contributed by atoms with Gasteiger partial charge in [-0.05, 0) is 19.1 Å². The zero-order valence-corrected chi connectivity index (χ0v) is 11.1. The average molecular weight is 265 g/mol. The maximum atomic E-state index is 11.9. The summed E-state index contributed by atoms with van der Waals surface area (Å²) in [5.41, 5.74) is 0. The van der Waals surface area contributed by atoms with Gasteiger partial charge in [0.15, 0.2) is 5.16 Å². The molecule has 0 aromatic carbocycles. The van der Waals surface area contributed by atoms with Gasteiger partial charge in [0.25, 0.3) is 0 Å². The third kappa shape index (κ3) is 3.16. The lowest BCUT2D eigenvalue weighted by atomic mass is 10.4. The van der Waals surface area contributed by atoms with Gasteiger partial charge in [0.2, 0.25) is 5.91 Å². The highest BCUT2D eigenvalue weighted by molar-refractivity contribution is 8.00. The first-order valence-corrected chi connectivity index (χ1v) is 6.49. The van der Waals surface area contributed by atoms with Crippen LogP contribution in [-0.2, 0) is 18.4 Å². The van der Waals surface area contributed by atoms with Gasteiger partial charge in [-0.15, -0.1) is 0 Å². The van der Waals surface area contributed by atoms with Gasteiger partial charge in [0, 0.05) is 19.4 Å². The molecule has 96 valence electrons. The SMILES string of the molecule is CC(Sc1nccn1C)C(=O)NCc1ccco1. The number of nitrogens with one attached hydrogen (secondary N) is 1. The Bertz CT molecular complexity index is 507. The molecule has 0 fully saturated rings. The molecule has 0 radical (unpaired) electrons. The summed E-state index contributed by atoms with van der Waals surface area (Å²) in [7, 11) is 1.91. The average Bonchev–Trinajstić information content (AvgIpc) is 2.99. The first kappa shape index (κ1) is 12.8. The van der Waals surface area contributed by atoms with Crippen LogP contribution in [0.15, 0.2) is 40.4 Å². The van der Waals surface area contributed by atoms with Crippen molar-refractivity contribution in [3.05, 3.63) is 36.5 Å². The van der Waals surface area contributed by atoms with E-state index in [1.807, 2.05) is 30.8 Å². The molecular weight excluding hydrogens is 250 g/mol. The second-order valence-corrected chi connectivity index (χ2v) is 5.19. The first-order chi connectivity index (χ1) is 8.66.